The summed E-state index contributed by atoms with van der Waals surface area (Å²) >= 11 is 0. The highest BCUT2D eigenvalue weighted by atomic mass is 32.2. The van der Waals surface area contributed by atoms with E-state index < -0.39 is 10.0 Å². The highest BCUT2D eigenvalue weighted by molar-refractivity contribution is 7.89. The molecule has 118 valence electrons. The first-order valence-electron chi connectivity index (χ1n) is 8.09. The Kier molecular flexibility index (Phi) is 4.10. The number of sulfonamides is 1. The van der Waals surface area contributed by atoms with Crippen molar-refractivity contribution in [3.05, 3.63) is 12.5 Å². The number of fused-ring (bicyclic) bond motifs is 1. The van der Waals surface area contributed by atoms with Crippen LogP contribution in [0.3, 0.4) is 0 Å². The molecule has 0 radical (unpaired) electrons. The molecule has 2 aliphatic rings. The maximum atomic E-state index is 12.9. The van der Waals surface area contributed by atoms with Gasteiger partial charge in [-0.3, -0.25) is 0 Å². The molecule has 3 rings (SSSR count). The molecule has 0 bridgehead atoms. The highest BCUT2D eigenvalue weighted by Crippen LogP contribution is 2.38. The van der Waals surface area contributed by atoms with Gasteiger partial charge in [-0.1, -0.05) is 19.8 Å². The van der Waals surface area contributed by atoms with Crippen molar-refractivity contribution in [2.24, 2.45) is 5.92 Å². The minimum Gasteiger partial charge on any atom is -0.333 e. The lowest BCUT2D eigenvalue weighted by atomic mass is 9.86. The Balaban J connectivity index is 1.85. The molecule has 6 heteroatoms. The summed E-state index contributed by atoms with van der Waals surface area (Å²) < 4.78 is 29.4. The minimum absolute atomic E-state index is 0.206. The third-order valence-corrected chi connectivity index (χ3v) is 7.02. The Bertz CT molecular complexity index is 596. The number of nitrogens with zero attached hydrogens (tertiary/aromatic N) is 3. The maximum absolute atomic E-state index is 12.9. The first kappa shape index (κ1) is 15.0. The Morgan fingerprint density at radius 2 is 2.10 bits per heavy atom. The fourth-order valence-corrected chi connectivity index (χ4v) is 5.34. The number of aromatic nitrogens is 2. The molecule has 0 unspecified atom stereocenters. The van der Waals surface area contributed by atoms with Gasteiger partial charge in [0.25, 0.3) is 10.0 Å². The van der Waals surface area contributed by atoms with E-state index in [1.54, 1.807) is 16.8 Å². The largest absolute Gasteiger partial charge is 0.333 e. The molecule has 1 saturated carbocycles. The van der Waals surface area contributed by atoms with Crippen LogP contribution >= 0.6 is 0 Å². The molecule has 1 aromatic heterocycles. The lowest BCUT2D eigenvalue weighted by Gasteiger charge is -2.30. The summed E-state index contributed by atoms with van der Waals surface area (Å²) in [5.74, 6) is 0.560. The normalized spacial score (nSPS) is 28.5. The average molecular weight is 311 g/mol. The quantitative estimate of drug-likeness (QED) is 0.859. The molecule has 0 aromatic carbocycles. The number of rotatable bonds is 4. The lowest BCUT2D eigenvalue weighted by molar-refractivity contribution is 0.260. The zero-order chi connectivity index (χ0) is 15.0. The molecule has 1 saturated heterocycles. The van der Waals surface area contributed by atoms with Crippen LogP contribution in [0.1, 0.15) is 58.4 Å². The van der Waals surface area contributed by atoms with Crippen LogP contribution in [0.4, 0.5) is 0 Å². The number of imidazole rings is 1. The van der Waals surface area contributed by atoms with Crippen molar-refractivity contribution in [3.8, 4) is 0 Å². The van der Waals surface area contributed by atoms with Gasteiger partial charge in [0.05, 0.1) is 6.33 Å². The van der Waals surface area contributed by atoms with Gasteiger partial charge in [-0.25, -0.2) is 13.4 Å². The van der Waals surface area contributed by atoms with Gasteiger partial charge in [0.15, 0.2) is 5.03 Å². The Hall–Kier alpha value is -0.880. The van der Waals surface area contributed by atoms with E-state index in [1.165, 1.54) is 12.8 Å². The molecule has 5 nitrogen and oxygen atoms in total. The van der Waals surface area contributed by atoms with Crippen LogP contribution in [0, 0.1) is 5.92 Å². The second-order valence-electron chi connectivity index (χ2n) is 6.43. The van der Waals surface area contributed by atoms with Crippen molar-refractivity contribution in [2.75, 3.05) is 6.54 Å². The van der Waals surface area contributed by atoms with Gasteiger partial charge in [-0.05, 0) is 38.5 Å². The summed E-state index contributed by atoms with van der Waals surface area (Å²) in [6.07, 6.45) is 9.90. The molecule has 2 fully saturated rings. The van der Waals surface area contributed by atoms with Crippen LogP contribution in [0.5, 0.6) is 0 Å². The van der Waals surface area contributed by atoms with Crippen LogP contribution in [0.2, 0.25) is 0 Å². The Labute approximate surface area is 127 Å². The molecule has 0 spiro atoms. The zero-order valence-electron chi connectivity index (χ0n) is 12.9. The standard InChI is InChI=1S/C15H25N3O2S/c1-3-12(2)17-10-15(16-11-17)21(19,20)18-9-8-13-6-4-5-7-14(13)18/h10-14H,3-9H2,1-2H3/t12-,13+,14+/m1/s1. The summed E-state index contributed by atoms with van der Waals surface area (Å²) in [5.41, 5.74) is 0. The summed E-state index contributed by atoms with van der Waals surface area (Å²) in [4.78, 5) is 4.17. The van der Waals surface area contributed by atoms with Crippen LogP contribution < -0.4 is 0 Å². The maximum Gasteiger partial charge on any atom is 0.262 e. The third-order valence-electron chi connectivity index (χ3n) is 5.21. The van der Waals surface area contributed by atoms with E-state index in [9.17, 15) is 8.42 Å². The van der Waals surface area contributed by atoms with E-state index in [0.29, 0.717) is 12.5 Å². The van der Waals surface area contributed by atoms with E-state index in [0.717, 1.165) is 25.7 Å². The smallest absolute Gasteiger partial charge is 0.262 e. The average Bonchev–Trinajstić information content (AvgIpc) is 3.13. The van der Waals surface area contributed by atoms with E-state index in [1.807, 2.05) is 4.57 Å². The molecular formula is C15H25N3O2S. The van der Waals surface area contributed by atoms with Gasteiger partial charge in [0, 0.05) is 24.8 Å². The lowest BCUT2D eigenvalue weighted by Crippen LogP contribution is -2.39. The molecule has 1 aliphatic heterocycles. The summed E-state index contributed by atoms with van der Waals surface area (Å²) in [6.45, 7) is 4.82. The summed E-state index contributed by atoms with van der Waals surface area (Å²) in [7, 11) is -3.43. The van der Waals surface area contributed by atoms with Crippen molar-refractivity contribution >= 4 is 10.0 Å². The molecule has 2 heterocycles. The second-order valence-corrected chi connectivity index (χ2v) is 8.27. The van der Waals surface area contributed by atoms with Crippen LogP contribution in [0.15, 0.2) is 17.6 Å². The Morgan fingerprint density at radius 1 is 1.33 bits per heavy atom. The van der Waals surface area contributed by atoms with Gasteiger partial charge in [-0.15, -0.1) is 0 Å². The molecule has 1 aromatic rings. The van der Waals surface area contributed by atoms with Crippen molar-refractivity contribution in [3.63, 3.8) is 0 Å². The van der Waals surface area contributed by atoms with Gasteiger partial charge < -0.3 is 4.57 Å². The molecule has 0 amide bonds. The molecule has 1 aliphatic carbocycles. The van der Waals surface area contributed by atoms with Crippen LogP contribution in [0.25, 0.3) is 0 Å². The first-order chi connectivity index (χ1) is 10.0. The SMILES string of the molecule is CC[C@@H](C)n1cnc(S(=O)(=O)N2CC[C@@H]3CCCC[C@@H]32)c1. The van der Waals surface area contributed by atoms with E-state index >= 15 is 0 Å². The number of hydrogen-bond acceptors (Lipinski definition) is 3. The van der Waals surface area contributed by atoms with Gasteiger partial charge in [-0.2, -0.15) is 4.31 Å². The monoisotopic (exact) mass is 311 g/mol. The summed E-state index contributed by atoms with van der Waals surface area (Å²) in [6, 6.07) is 0.486. The highest BCUT2D eigenvalue weighted by Gasteiger charge is 2.43. The zero-order valence-corrected chi connectivity index (χ0v) is 13.7. The van der Waals surface area contributed by atoms with Crippen molar-refractivity contribution in [2.45, 2.75) is 69.5 Å². The fraction of sp³-hybridized carbons (Fsp3) is 0.800. The molecule has 21 heavy (non-hydrogen) atoms. The van der Waals surface area contributed by atoms with E-state index in [2.05, 4.69) is 18.8 Å². The fourth-order valence-electron chi connectivity index (χ4n) is 3.68. The predicted octanol–water partition coefficient (Wildman–Crippen LogP) is 2.81. The Morgan fingerprint density at radius 3 is 2.86 bits per heavy atom. The summed E-state index contributed by atoms with van der Waals surface area (Å²) in [5, 5.41) is 0.217. The topological polar surface area (TPSA) is 55.2 Å². The van der Waals surface area contributed by atoms with Crippen LogP contribution in [-0.4, -0.2) is 34.9 Å². The van der Waals surface area contributed by atoms with Crippen molar-refractivity contribution in [1.82, 2.24) is 13.9 Å². The molecule has 3 atom stereocenters. The predicted molar refractivity (Wildman–Crippen MR) is 81.5 cm³/mol. The third kappa shape index (κ3) is 2.63. The number of hydrogen-bond donors (Lipinski definition) is 0. The van der Waals surface area contributed by atoms with Crippen molar-refractivity contribution in [1.29, 1.82) is 0 Å². The van der Waals surface area contributed by atoms with Crippen LogP contribution in [-0.2, 0) is 10.0 Å². The first-order valence-corrected chi connectivity index (χ1v) is 9.53. The second kappa shape index (κ2) is 5.72. The molecule has 0 N–H and O–H groups in total. The van der Waals surface area contributed by atoms with Crippen molar-refractivity contribution < 1.29 is 8.42 Å². The van der Waals surface area contributed by atoms with Gasteiger partial charge >= 0.3 is 0 Å². The minimum atomic E-state index is -3.43. The molecular weight excluding hydrogens is 286 g/mol. The van der Waals surface area contributed by atoms with E-state index in [4.69, 9.17) is 0 Å². The van der Waals surface area contributed by atoms with Gasteiger partial charge in [0.2, 0.25) is 0 Å². The van der Waals surface area contributed by atoms with Gasteiger partial charge in [0.1, 0.15) is 0 Å². The van der Waals surface area contributed by atoms with E-state index in [-0.39, 0.29) is 17.1 Å².